The molecular weight excluding hydrogens is 233 g/mol. The summed E-state index contributed by atoms with van der Waals surface area (Å²) in [5, 5.41) is 12.6. The summed E-state index contributed by atoms with van der Waals surface area (Å²) >= 11 is 0. The van der Waals surface area contributed by atoms with Crippen LogP contribution in [-0.4, -0.2) is 37.3 Å². The maximum absolute atomic E-state index is 13.7. The van der Waals surface area contributed by atoms with Gasteiger partial charge < -0.3 is 21.1 Å². The molecule has 4 N–H and O–H groups in total. The lowest BCUT2D eigenvalue weighted by Gasteiger charge is -2.34. The molecule has 1 aliphatic rings. The second-order valence-corrected chi connectivity index (χ2v) is 4.64. The molecule has 0 aromatic heterocycles. The van der Waals surface area contributed by atoms with E-state index < -0.39 is 0 Å². The van der Waals surface area contributed by atoms with Crippen molar-refractivity contribution in [2.75, 3.05) is 31.1 Å². The van der Waals surface area contributed by atoms with E-state index in [1.165, 1.54) is 6.07 Å². The van der Waals surface area contributed by atoms with Gasteiger partial charge in [-0.15, -0.1) is 0 Å². The van der Waals surface area contributed by atoms with Gasteiger partial charge in [-0.05, 0) is 25.0 Å². The number of aromatic hydroxyl groups is 1. The first-order valence-corrected chi connectivity index (χ1v) is 6.37. The molecule has 0 saturated carbocycles. The normalized spacial score (nSPS) is 17.1. The van der Waals surface area contributed by atoms with Crippen molar-refractivity contribution in [3.8, 4) is 5.75 Å². The van der Waals surface area contributed by atoms with Crippen molar-refractivity contribution < 1.29 is 9.50 Å². The first-order valence-electron chi connectivity index (χ1n) is 6.37. The second-order valence-electron chi connectivity index (χ2n) is 4.64. The van der Waals surface area contributed by atoms with E-state index in [-0.39, 0.29) is 11.6 Å². The van der Waals surface area contributed by atoms with Crippen LogP contribution in [0, 0.1) is 5.82 Å². The number of benzene rings is 1. The Morgan fingerprint density at radius 3 is 2.72 bits per heavy atom. The Hall–Kier alpha value is -1.33. The summed E-state index contributed by atoms with van der Waals surface area (Å²) in [7, 11) is 0. The van der Waals surface area contributed by atoms with Crippen molar-refractivity contribution in [3.05, 3.63) is 24.0 Å². The van der Waals surface area contributed by atoms with Crippen molar-refractivity contribution in [2.45, 2.75) is 18.9 Å². The number of hydrogen-bond donors (Lipinski definition) is 3. The van der Waals surface area contributed by atoms with Crippen LogP contribution in [0.25, 0.3) is 0 Å². The monoisotopic (exact) mass is 253 g/mol. The lowest BCUT2D eigenvalue weighted by Crippen LogP contribution is -2.44. The van der Waals surface area contributed by atoms with Crippen LogP contribution in [0.15, 0.2) is 18.2 Å². The molecule has 5 heteroatoms. The van der Waals surface area contributed by atoms with Gasteiger partial charge in [-0.1, -0.05) is 0 Å². The van der Waals surface area contributed by atoms with Gasteiger partial charge in [-0.3, -0.25) is 0 Å². The van der Waals surface area contributed by atoms with Gasteiger partial charge in [0.2, 0.25) is 0 Å². The van der Waals surface area contributed by atoms with Gasteiger partial charge in [0.05, 0.1) is 5.69 Å². The molecule has 18 heavy (non-hydrogen) atoms. The van der Waals surface area contributed by atoms with E-state index in [1.807, 2.05) is 4.90 Å². The molecule has 1 heterocycles. The minimum Gasteiger partial charge on any atom is -0.508 e. The van der Waals surface area contributed by atoms with Crippen molar-refractivity contribution in [3.63, 3.8) is 0 Å². The van der Waals surface area contributed by atoms with E-state index in [0.717, 1.165) is 38.5 Å². The van der Waals surface area contributed by atoms with E-state index in [9.17, 15) is 9.50 Å². The summed E-state index contributed by atoms with van der Waals surface area (Å²) < 4.78 is 13.7. The molecule has 0 atom stereocenters. The zero-order valence-electron chi connectivity index (χ0n) is 10.4. The molecule has 0 aliphatic carbocycles. The third-order valence-corrected chi connectivity index (χ3v) is 3.34. The Morgan fingerprint density at radius 1 is 1.39 bits per heavy atom. The molecule has 0 spiro atoms. The summed E-state index contributed by atoms with van der Waals surface area (Å²) in [6, 6.07) is 4.80. The molecule has 0 bridgehead atoms. The van der Waals surface area contributed by atoms with Crippen LogP contribution in [0.1, 0.15) is 12.8 Å². The highest BCUT2D eigenvalue weighted by molar-refractivity contribution is 5.50. The minimum absolute atomic E-state index is 0.0317. The minimum atomic E-state index is -0.358. The van der Waals surface area contributed by atoms with Crippen LogP contribution < -0.4 is 16.0 Å². The highest BCUT2D eigenvalue weighted by Crippen LogP contribution is 2.26. The highest BCUT2D eigenvalue weighted by atomic mass is 19.1. The molecule has 0 radical (unpaired) electrons. The molecular formula is C13H20FN3O. The maximum atomic E-state index is 13.7. The first-order chi connectivity index (χ1) is 8.70. The number of piperidine rings is 1. The van der Waals surface area contributed by atoms with Crippen molar-refractivity contribution in [1.29, 1.82) is 0 Å². The number of anilines is 1. The van der Waals surface area contributed by atoms with Crippen LogP contribution in [-0.2, 0) is 0 Å². The first kappa shape index (κ1) is 13.1. The quantitative estimate of drug-likeness (QED) is 0.750. The average molecular weight is 253 g/mol. The molecule has 0 amide bonds. The fourth-order valence-corrected chi connectivity index (χ4v) is 2.36. The third kappa shape index (κ3) is 3.11. The van der Waals surface area contributed by atoms with Crippen LogP contribution >= 0.6 is 0 Å². The SMILES string of the molecule is NCCNC1CCN(c2ccc(O)cc2F)CC1. The molecule has 1 aromatic rings. The maximum Gasteiger partial charge on any atom is 0.150 e. The molecule has 1 aromatic carbocycles. The third-order valence-electron chi connectivity index (χ3n) is 3.34. The summed E-state index contributed by atoms with van der Waals surface area (Å²) in [6.45, 7) is 3.12. The van der Waals surface area contributed by atoms with Gasteiger partial charge in [0.25, 0.3) is 0 Å². The largest absolute Gasteiger partial charge is 0.508 e. The number of nitrogens with two attached hydrogens (primary N) is 1. The van der Waals surface area contributed by atoms with Gasteiger partial charge in [0, 0.05) is 38.3 Å². The standard InChI is InChI=1S/C13H20FN3O/c14-12-9-11(18)1-2-13(12)17-7-3-10(4-8-17)16-6-5-15/h1-2,9-10,16,18H,3-8,15H2. The summed E-state index contributed by atoms with van der Waals surface area (Å²) in [6.07, 6.45) is 1.97. The Balaban J connectivity index is 1.93. The molecule has 0 unspecified atom stereocenters. The Labute approximate surface area is 107 Å². The zero-order chi connectivity index (χ0) is 13.0. The predicted molar refractivity (Wildman–Crippen MR) is 70.4 cm³/mol. The smallest absolute Gasteiger partial charge is 0.150 e. The number of phenolic OH excluding ortho intramolecular Hbond substituents is 1. The number of phenols is 1. The van der Waals surface area contributed by atoms with Crippen LogP contribution in [0.2, 0.25) is 0 Å². The van der Waals surface area contributed by atoms with Gasteiger partial charge in [-0.25, -0.2) is 4.39 Å². The average Bonchev–Trinajstić information content (AvgIpc) is 2.37. The second kappa shape index (κ2) is 6.02. The van der Waals surface area contributed by atoms with Crippen LogP contribution in [0.4, 0.5) is 10.1 Å². The fourth-order valence-electron chi connectivity index (χ4n) is 2.36. The van der Waals surface area contributed by atoms with E-state index in [0.29, 0.717) is 18.3 Å². The number of nitrogens with zero attached hydrogens (tertiary/aromatic N) is 1. The predicted octanol–water partition coefficient (Wildman–Crippen LogP) is 1.05. The van der Waals surface area contributed by atoms with Crippen molar-refractivity contribution in [1.82, 2.24) is 5.32 Å². The fraction of sp³-hybridized carbons (Fsp3) is 0.538. The van der Waals surface area contributed by atoms with E-state index in [1.54, 1.807) is 6.07 Å². The zero-order valence-corrected chi connectivity index (χ0v) is 10.4. The van der Waals surface area contributed by atoms with Crippen molar-refractivity contribution >= 4 is 5.69 Å². The summed E-state index contributed by atoms with van der Waals surface area (Å²) in [5.74, 6) is -0.390. The molecule has 1 fully saturated rings. The molecule has 1 aliphatic heterocycles. The van der Waals surface area contributed by atoms with Gasteiger partial charge >= 0.3 is 0 Å². The topological polar surface area (TPSA) is 61.5 Å². The molecule has 1 saturated heterocycles. The van der Waals surface area contributed by atoms with Gasteiger partial charge in [0.15, 0.2) is 0 Å². The highest BCUT2D eigenvalue weighted by Gasteiger charge is 2.20. The Morgan fingerprint density at radius 2 is 2.11 bits per heavy atom. The Bertz CT molecular complexity index is 392. The number of nitrogens with one attached hydrogen (secondary N) is 1. The van der Waals surface area contributed by atoms with Crippen LogP contribution in [0.3, 0.4) is 0 Å². The molecule has 4 nitrogen and oxygen atoms in total. The summed E-state index contributed by atoms with van der Waals surface area (Å²) in [5.41, 5.74) is 6.03. The van der Waals surface area contributed by atoms with Crippen molar-refractivity contribution in [2.24, 2.45) is 5.73 Å². The van der Waals surface area contributed by atoms with E-state index >= 15 is 0 Å². The lowest BCUT2D eigenvalue weighted by molar-refractivity contribution is 0.416. The Kier molecular flexibility index (Phi) is 4.38. The number of hydrogen-bond acceptors (Lipinski definition) is 4. The lowest BCUT2D eigenvalue weighted by atomic mass is 10.0. The number of rotatable bonds is 4. The molecule has 100 valence electrons. The number of halogens is 1. The van der Waals surface area contributed by atoms with E-state index in [2.05, 4.69) is 5.32 Å². The summed E-state index contributed by atoms with van der Waals surface area (Å²) in [4.78, 5) is 2.02. The van der Waals surface area contributed by atoms with Gasteiger partial charge in [-0.2, -0.15) is 0 Å². The molecule has 2 rings (SSSR count). The van der Waals surface area contributed by atoms with Crippen LogP contribution in [0.5, 0.6) is 5.75 Å². The van der Waals surface area contributed by atoms with Gasteiger partial charge in [0.1, 0.15) is 11.6 Å². The van der Waals surface area contributed by atoms with E-state index in [4.69, 9.17) is 5.73 Å².